The van der Waals surface area contributed by atoms with Crippen molar-refractivity contribution in [2.24, 2.45) is 0 Å². The first-order valence-corrected chi connectivity index (χ1v) is 7.49. The molecule has 0 saturated carbocycles. The van der Waals surface area contributed by atoms with Crippen molar-refractivity contribution in [3.05, 3.63) is 63.2 Å². The van der Waals surface area contributed by atoms with E-state index in [0.717, 1.165) is 36.4 Å². The minimum absolute atomic E-state index is 0.204. The zero-order chi connectivity index (χ0) is 16.5. The largest absolute Gasteiger partial charge is 0.289 e. The molecule has 0 saturated heterocycles. The van der Waals surface area contributed by atoms with Crippen molar-refractivity contribution >= 4 is 33.0 Å². The molecule has 2 rings (SSSR count). The molecule has 2 aromatic carbocycles. The van der Waals surface area contributed by atoms with Crippen molar-refractivity contribution in [1.29, 1.82) is 0 Å². The lowest BCUT2D eigenvalue weighted by Crippen LogP contribution is -2.16. The van der Waals surface area contributed by atoms with Gasteiger partial charge < -0.3 is 0 Å². The first kappa shape index (κ1) is 16.1. The number of anilines is 1. The second kappa shape index (κ2) is 5.85. The van der Waals surface area contributed by atoms with Gasteiger partial charge in [-0.2, -0.15) is 0 Å². The van der Waals surface area contributed by atoms with Gasteiger partial charge in [0.05, 0.1) is 10.6 Å². The van der Waals surface area contributed by atoms with E-state index in [1.54, 1.807) is 0 Å². The summed E-state index contributed by atoms with van der Waals surface area (Å²) < 4.78 is 53.0. The van der Waals surface area contributed by atoms with Crippen molar-refractivity contribution in [3.63, 3.8) is 0 Å². The zero-order valence-corrected chi connectivity index (χ0v) is 12.2. The summed E-state index contributed by atoms with van der Waals surface area (Å²) in [5.41, 5.74) is -0.797. The Bertz CT molecular complexity index is 838. The average Bonchev–Trinajstić information content (AvgIpc) is 2.39. The quantitative estimate of drug-likeness (QED) is 0.678. The normalized spacial score (nSPS) is 11.2. The minimum atomic E-state index is -4.60. The highest BCUT2D eigenvalue weighted by molar-refractivity contribution is 7.92. The fourth-order valence-corrected chi connectivity index (χ4v) is 3.04. The standard InChI is InChI=1S/C12H7ClF2N2O4S/c13-8-5-4-7(6-11(8)17(18)19)16-22(20,21)12-9(14)2-1-3-10(12)15/h1-6,16H. The Morgan fingerprint density at radius 2 is 1.73 bits per heavy atom. The van der Waals surface area contributed by atoms with Crippen LogP contribution in [0.15, 0.2) is 41.3 Å². The maximum atomic E-state index is 13.5. The molecule has 0 aromatic heterocycles. The number of nitro groups is 1. The molecule has 6 nitrogen and oxygen atoms in total. The molecule has 116 valence electrons. The van der Waals surface area contributed by atoms with Crippen LogP contribution in [-0.2, 0) is 10.0 Å². The van der Waals surface area contributed by atoms with Crippen molar-refractivity contribution in [2.45, 2.75) is 4.90 Å². The highest BCUT2D eigenvalue weighted by Gasteiger charge is 2.24. The molecule has 0 atom stereocenters. The molecule has 0 heterocycles. The fourth-order valence-electron chi connectivity index (χ4n) is 1.66. The Labute approximate surface area is 128 Å². The van der Waals surface area contributed by atoms with Gasteiger partial charge in [0.25, 0.3) is 15.7 Å². The fraction of sp³-hybridized carbons (Fsp3) is 0. The predicted octanol–water partition coefficient (Wildman–Crippen LogP) is 3.33. The Balaban J connectivity index is 2.46. The first-order valence-electron chi connectivity index (χ1n) is 5.63. The van der Waals surface area contributed by atoms with Gasteiger partial charge in [0.15, 0.2) is 4.90 Å². The summed E-state index contributed by atoms with van der Waals surface area (Å²) in [4.78, 5) is 8.75. The molecule has 0 aliphatic rings. The van der Waals surface area contributed by atoms with Crippen LogP contribution >= 0.6 is 11.6 Å². The Hall–Kier alpha value is -2.26. The van der Waals surface area contributed by atoms with Crippen LogP contribution in [0.3, 0.4) is 0 Å². The molecular formula is C12H7ClF2N2O4S. The van der Waals surface area contributed by atoms with Crippen molar-refractivity contribution < 1.29 is 22.1 Å². The Kier molecular flexibility index (Phi) is 4.29. The minimum Gasteiger partial charge on any atom is -0.279 e. The molecule has 2 aromatic rings. The van der Waals surface area contributed by atoms with Gasteiger partial charge >= 0.3 is 0 Å². The summed E-state index contributed by atoms with van der Waals surface area (Å²) in [6, 6.07) is 5.64. The lowest BCUT2D eigenvalue weighted by molar-refractivity contribution is -0.384. The van der Waals surface area contributed by atoms with Gasteiger partial charge in [0.2, 0.25) is 0 Å². The lowest BCUT2D eigenvalue weighted by Gasteiger charge is -2.09. The third-order valence-electron chi connectivity index (χ3n) is 2.58. The predicted molar refractivity (Wildman–Crippen MR) is 75.3 cm³/mol. The van der Waals surface area contributed by atoms with Gasteiger partial charge in [0, 0.05) is 6.07 Å². The van der Waals surface area contributed by atoms with E-state index in [1.807, 2.05) is 4.72 Å². The number of nitro benzene ring substituents is 1. The highest BCUT2D eigenvalue weighted by atomic mass is 35.5. The third kappa shape index (κ3) is 3.15. The zero-order valence-electron chi connectivity index (χ0n) is 10.6. The van der Waals surface area contributed by atoms with Crippen LogP contribution in [-0.4, -0.2) is 13.3 Å². The smallest absolute Gasteiger partial charge is 0.279 e. The maximum Gasteiger partial charge on any atom is 0.289 e. The summed E-state index contributed by atoms with van der Waals surface area (Å²) in [7, 11) is -4.60. The second-order valence-electron chi connectivity index (χ2n) is 4.08. The Morgan fingerprint density at radius 3 is 2.27 bits per heavy atom. The van der Waals surface area contributed by atoms with Crippen molar-refractivity contribution in [3.8, 4) is 0 Å². The summed E-state index contributed by atoms with van der Waals surface area (Å²) in [6.45, 7) is 0. The van der Waals surface area contributed by atoms with Gasteiger partial charge in [-0.05, 0) is 24.3 Å². The van der Waals surface area contributed by atoms with E-state index in [9.17, 15) is 27.3 Å². The molecule has 0 aliphatic heterocycles. The van der Waals surface area contributed by atoms with Crippen LogP contribution in [0.2, 0.25) is 5.02 Å². The number of nitrogens with one attached hydrogen (secondary N) is 1. The number of rotatable bonds is 4. The topological polar surface area (TPSA) is 89.3 Å². The number of nitrogens with zero attached hydrogens (tertiary/aromatic N) is 1. The maximum absolute atomic E-state index is 13.5. The summed E-state index contributed by atoms with van der Waals surface area (Å²) in [5, 5.41) is 10.5. The highest BCUT2D eigenvalue weighted by Crippen LogP contribution is 2.29. The molecule has 0 spiro atoms. The molecule has 22 heavy (non-hydrogen) atoms. The van der Waals surface area contributed by atoms with Crippen LogP contribution < -0.4 is 4.72 Å². The summed E-state index contributed by atoms with van der Waals surface area (Å²) >= 11 is 5.59. The lowest BCUT2D eigenvalue weighted by atomic mass is 10.3. The molecule has 0 unspecified atom stereocenters. The molecule has 10 heteroatoms. The second-order valence-corrected chi connectivity index (χ2v) is 6.11. The van der Waals surface area contributed by atoms with Crippen LogP contribution in [0.1, 0.15) is 0 Å². The first-order chi connectivity index (χ1) is 10.2. The van der Waals surface area contributed by atoms with E-state index in [-0.39, 0.29) is 10.7 Å². The van der Waals surface area contributed by atoms with Crippen molar-refractivity contribution in [1.82, 2.24) is 0 Å². The average molecular weight is 349 g/mol. The van der Waals surface area contributed by atoms with E-state index in [0.29, 0.717) is 0 Å². The van der Waals surface area contributed by atoms with Crippen LogP contribution in [0.4, 0.5) is 20.2 Å². The van der Waals surface area contributed by atoms with E-state index < -0.39 is 37.2 Å². The van der Waals surface area contributed by atoms with Crippen LogP contribution in [0.5, 0.6) is 0 Å². The van der Waals surface area contributed by atoms with E-state index in [2.05, 4.69) is 0 Å². The molecule has 0 bridgehead atoms. The summed E-state index contributed by atoms with van der Waals surface area (Å²) in [6.07, 6.45) is 0. The van der Waals surface area contributed by atoms with Gasteiger partial charge in [-0.25, -0.2) is 17.2 Å². The van der Waals surface area contributed by atoms with E-state index in [4.69, 9.17) is 11.6 Å². The Morgan fingerprint density at radius 1 is 1.14 bits per heavy atom. The van der Waals surface area contributed by atoms with Crippen LogP contribution in [0, 0.1) is 21.7 Å². The van der Waals surface area contributed by atoms with Crippen LogP contribution in [0.25, 0.3) is 0 Å². The van der Waals surface area contributed by atoms with Gasteiger partial charge in [-0.3, -0.25) is 14.8 Å². The molecular weight excluding hydrogens is 342 g/mol. The summed E-state index contributed by atoms with van der Waals surface area (Å²) in [5.74, 6) is -2.56. The number of benzene rings is 2. The van der Waals surface area contributed by atoms with Crippen molar-refractivity contribution in [2.75, 3.05) is 4.72 Å². The molecule has 0 amide bonds. The van der Waals surface area contributed by atoms with Gasteiger partial charge in [0.1, 0.15) is 16.7 Å². The van der Waals surface area contributed by atoms with E-state index in [1.165, 1.54) is 0 Å². The van der Waals surface area contributed by atoms with Gasteiger partial charge in [-0.1, -0.05) is 17.7 Å². The SMILES string of the molecule is O=[N+]([O-])c1cc(NS(=O)(=O)c2c(F)cccc2F)ccc1Cl. The molecule has 0 aliphatic carbocycles. The number of sulfonamides is 1. The number of hydrogen-bond acceptors (Lipinski definition) is 4. The molecule has 1 N–H and O–H groups in total. The van der Waals surface area contributed by atoms with Gasteiger partial charge in [-0.15, -0.1) is 0 Å². The monoisotopic (exact) mass is 348 g/mol. The van der Waals surface area contributed by atoms with E-state index >= 15 is 0 Å². The number of halogens is 3. The molecule has 0 fully saturated rings. The molecule has 0 radical (unpaired) electrons. The third-order valence-corrected chi connectivity index (χ3v) is 4.33. The number of hydrogen-bond donors (Lipinski definition) is 1.